The van der Waals surface area contributed by atoms with Crippen molar-refractivity contribution in [3.05, 3.63) is 29.8 Å². The summed E-state index contributed by atoms with van der Waals surface area (Å²) < 4.78 is 11.3. The molecule has 1 saturated heterocycles. The van der Waals surface area contributed by atoms with Crippen LogP contribution in [0.2, 0.25) is 0 Å². The number of phenolic OH excluding ortho intramolecular Hbond substituents is 1. The number of nitrogens with two attached hydrogens (primary N) is 2. The predicted molar refractivity (Wildman–Crippen MR) is 151 cm³/mol. The number of hydrogen-bond donors (Lipinski definition) is 8. The van der Waals surface area contributed by atoms with Crippen molar-refractivity contribution in [3.63, 3.8) is 0 Å². The minimum atomic E-state index is -1.64. The fourth-order valence-corrected chi connectivity index (χ4v) is 4.85. The minimum Gasteiger partial charge on any atom is -0.508 e. The Hall–Kier alpha value is -3.34. The number of rotatable bonds is 17. The van der Waals surface area contributed by atoms with E-state index in [-0.39, 0.29) is 31.6 Å². The van der Waals surface area contributed by atoms with Gasteiger partial charge in [-0.05, 0) is 43.9 Å². The first kappa shape index (κ1) is 35.9. The van der Waals surface area contributed by atoms with Crippen LogP contribution < -0.4 is 16.8 Å². The highest BCUT2D eigenvalue weighted by atomic mass is 16.6. The van der Waals surface area contributed by atoms with Gasteiger partial charge in [0, 0.05) is 19.4 Å². The van der Waals surface area contributed by atoms with Gasteiger partial charge in [0.2, 0.25) is 17.7 Å². The normalized spacial score (nSPS) is 24.0. The summed E-state index contributed by atoms with van der Waals surface area (Å²) in [6.45, 7) is 2.39. The molecule has 2 rings (SSSR count). The molecule has 1 aliphatic rings. The Morgan fingerprint density at radius 2 is 1.79 bits per heavy atom. The summed E-state index contributed by atoms with van der Waals surface area (Å²) in [4.78, 5) is 50.8. The molecule has 1 aromatic rings. The Bertz CT molecular complexity index is 1070. The van der Waals surface area contributed by atoms with Crippen LogP contribution in [0, 0.1) is 0 Å². The molecule has 0 aromatic heterocycles. The number of carbonyl (C=O) groups is 4. The van der Waals surface area contributed by atoms with E-state index in [4.69, 9.17) is 20.9 Å². The van der Waals surface area contributed by atoms with Gasteiger partial charge in [-0.15, -0.1) is 0 Å². The van der Waals surface area contributed by atoms with Crippen LogP contribution in [0.15, 0.2) is 24.3 Å². The third-order valence-electron chi connectivity index (χ3n) is 7.13. The molecule has 0 spiro atoms. The predicted octanol–water partition coefficient (Wildman–Crippen LogP) is -1.67. The monoisotopic (exact) mass is 612 g/mol. The number of hydrogen-bond acceptors (Lipinski definition) is 11. The zero-order chi connectivity index (χ0) is 32.3. The number of aliphatic hydroxyl groups excluding tert-OH is 3. The first-order valence-electron chi connectivity index (χ1n) is 14.2. The average molecular weight is 613 g/mol. The molecule has 10 N–H and O–H groups in total. The lowest BCUT2D eigenvalue weighted by Crippen LogP contribution is -2.66. The molecule has 0 radical (unpaired) electrons. The van der Waals surface area contributed by atoms with Gasteiger partial charge in [0.05, 0.1) is 18.8 Å². The molecular weight excluding hydrogens is 568 g/mol. The number of aliphatic carboxylic acids is 1. The summed E-state index contributed by atoms with van der Waals surface area (Å²) in [5.74, 6) is -3.33. The van der Waals surface area contributed by atoms with Crippen molar-refractivity contribution in [1.29, 1.82) is 0 Å². The minimum absolute atomic E-state index is 0.0161. The second kappa shape index (κ2) is 17.1. The number of ether oxygens (including phenoxy) is 2. The number of benzene rings is 1. The first-order valence-corrected chi connectivity index (χ1v) is 14.2. The number of nitrogens with one attached hydrogen (secondary N) is 1. The standard InChI is InChI=1S/C28H44N4O11/c1-3-4-5-21(35)31-23-25(24(38)20(14-33)43-28(23)41)42-15(2)13-32(19(26(30)39)10-11-22(36)37)27(40)18(29)12-16-6-8-17(34)9-7-16/h6-9,15,18-20,23-25,28,33-34,38,41H,3-5,10-14,29H2,1-2H3,(H2,30,39)(H,31,35)(H,36,37)/t15?,18-,19+,20+,23+,24+,25+,28-/m0/s1. The molecule has 8 atom stereocenters. The Morgan fingerprint density at radius 1 is 1.14 bits per heavy atom. The molecule has 242 valence electrons. The molecule has 0 saturated carbocycles. The maximum atomic E-state index is 13.6. The van der Waals surface area contributed by atoms with E-state index < -0.39 is 85.5 Å². The highest BCUT2D eigenvalue weighted by Gasteiger charge is 2.47. The fourth-order valence-electron chi connectivity index (χ4n) is 4.85. The van der Waals surface area contributed by atoms with Crippen LogP contribution in [0.3, 0.4) is 0 Å². The Balaban J connectivity index is 2.32. The van der Waals surface area contributed by atoms with Crippen LogP contribution in [-0.4, -0.2) is 116 Å². The van der Waals surface area contributed by atoms with Crippen LogP contribution >= 0.6 is 0 Å². The summed E-state index contributed by atoms with van der Waals surface area (Å²) in [5.41, 5.74) is 12.4. The van der Waals surface area contributed by atoms with Gasteiger partial charge >= 0.3 is 5.97 Å². The van der Waals surface area contributed by atoms with Crippen molar-refractivity contribution < 1.29 is 54.2 Å². The zero-order valence-corrected chi connectivity index (χ0v) is 24.4. The van der Waals surface area contributed by atoms with Crippen molar-refractivity contribution in [2.45, 2.75) is 101 Å². The number of aromatic hydroxyl groups is 1. The third-order valence-corrected chi connectivity index (χ3v) is 7.13. The van der Waals surface area contributed by atoms with E-state index in [9.17, 15) is 44.7 Å². The van der Waals surface area contributed by atoms with Crippen molar-refractivity contribution in [2.75, 3.05) is 13.2 Å². The SMILES string of the molecule is CCCCC(=O)N[C@@H]1[C@@H](OC(C)CN(C(=O)[C@@H](N)Cc2ccc(O)cc2)[C@H](CCC(=O)O)C(N)=O)[C@H](O)[C@@H](CO)O[C@@H]1O. The van der Waals surface area contributed by atoms with E-state index >= 15 is 0 Å². The number of carbonyl (C=O) groups excluding carboxylic acids is 3. The van der Waals surface area contributed by atoms with E-state index in [1.807, 2.05) is 6.92 Å². The largest absolute Gasteiger partial charge is 0.508 e. The number of amides is 3. The van der Waals surface area contributed by atoms with Crippen LogP contribution in [0.25, 0.3) is 0 Å². The zero-order valence-electron chi connectivity index (χ0n) is 24.4. The van der Waals surface area contributed by atoms with Gasteiger partial charge < -0.3 is 56.7 Å². The van der Waals surface area contributed by atoms with Crippen LogP contribution in [0.5, 0.6) is 5.75 Å². The van der Waals surface area contributed by atoms with Gasteiger partial charge in [0.25, 0.3) is 0 Å². The molecule has 0 aliphatic carbocycles. The number of primary amides is 1. The quantitative estimate of drug-likeness (QED) is 0.0982. The van der Waals surface area contributed by atoms with Gasteiger partial charge in [-0.25, -0.2) is 0 Å². The van der Waals surface area contributed by atoms with Crippen LogP contribution in [-0.2, 0) is 35.1 Å². The second-order valence-corrected chi connectivity index (χ2v) is 10.7. The highest BCUT2D eigenvalue weighted by Crippen LogP contribution is 2.25. The molecule has 1 fully saturated rings. The van der Waals surface area contributed by atoms with Gasteiger partial charge in [-0.1, -0.05) is 25.5 Å². The van der Waals surface area contributed by atoms with E-state index in [0.29, 0.717) is 12.0 Å². The van der Waals surface area contributed by atoms with Gasteiger partial charge in [0.1, 0.15) is 36.1 Å². The lowest BCUT2D eigenvalue weighted by atomic mass is 9.96. The molecule has 1 heterocycles. The van der Waals surface area contributed by atoms with E-state index in [2.05, 4.69) is 5.32 Å². The molecule has 1 aromatic carbocycles. The smallest absolute Gasteiger partial charge is 0.303 e. The highest BCUT2D eigenvalue weighted by molar-refractivity contribution is 5.89. The Labute approximate surface area is 249 Å². The second-order valence-electron chi connectivity index (χ2n) is 10.7. The Morgan fingerprint density at radius 3 is 2.35 bits per heavy atom. The maximum Gasteiger partial charge on any atom is 0.303 e. The van der Waals surface area contributed by atoms with Crippen LogP contribution in [0.4, 0.5) is 0 Å². The molecule has 15 heteroatoms. The van der Waals surface area contributed by atoms with Crippen molar-refractivity contribution in [1.82, 2.24) is 10.2 Å². The molecule has 43 heavy (non-hydrogen) atoms. The lowest BCUT2D eigenvalue weighted by molar-refractivity contribution is -0.268. The van der Waals surface area contributed by atoms with Gasteiger partial charge in [-0.2, -0.15) is 0 Å². The number of phenols is 1. The average Bonchev–Trinajstić information content (AvgIpc) is 2.95. The summed E-state index contributed by atoms with van der Waals surface area (Å²) in [5, 5.41) is 52.4. The topological polar surface area (TPSA) is 255 Å². The molecule has 3 amide bonds. The van der Waals surface area contributed by atoms with Gasteiger partial charge in [0.15, 0.2) is 6.29 Å². The Kier molecular flexibility index (Phi) is 14.2. The van der Waals surface area contributed by atoms with Crippen molar-refractivity contribution in [3.8, 4) is 5.75 Å². The number of aliphatic hydroxyl groups is 3. The van der Waals surface area contributed by atoms with E-state index in [1.54, 1.807) is 12.1 Å². The van der Waals surface area contributed by atoms with Crippen molar-refractivity contribution >= 4 is 23.7 Å². The summed E-state index contributed by atoms with van der Waals surface area (Å²) in [6.07, 6.45) is -6.01. The van der Waals surface area contributed by atoms with E-state index in [0.717, 1.165) is 11.3 Å². The number of unbranched alkanes of at least 4 members (excludes halogenated alkanes) is 1. The molecule has 0 bridgehead atoms. The summed E-state index contributed by atoms with van der Waals surface area (Å²) in [6, 6.07) is 2.17. The maximum absolute atomic E-state index is 13.6. The van der Waals surface area contributed by atoms with E-state index in [1.165, 1.54) is 19.1 Å². The summed E-state index contributed by atoms with van der Waals surface area (Å²) in [7, 11) is 0. The fraction of sp³-hybridized carbons (Fsp3) is 0.643. The van der Waals surface area contributed by atoms with Crippen LogP contribution in [0.1, 0.15) is 51.5 Å². The number of nitrogens with zero attached hydrogens (tertiary/aromatic N) is 1. The molecule has 15 nitrogen and oxygen atoms in total. The lowest BCUT2D eigenvalue weighted by Gasteiger charge is -2.44. The molecule has 1 aliphatic heterocycles. The van der Waals surface area contributed by atoms with Crippen molar-refractivity contribution in [2.24, 2.45) is 11.5 Å². The summed E-state index contributed by atoms with van der Waals surface area (Å²) >= 11 is 0. The number of carboxylic acid groups (broad SMARTS) is 1. The molecule has 1 unspecified atom stereocenters. The third kappa shape index (κ3) is 10.7. The van der Waals surface area contributed by atoms with Gasteiger partial charge in [-0.3, -0.25) is 19.2 Å². The molecular formula is C28H44N4O11. The first-order chi connectivity index (χ1) is 20.3. The number of carboxylic acids is 1.